The van der Waals surface area contributed by atoms with Crippen molar-refractivity contribution < 1.29 is 8.42 Å². The largest absolute Gasteiger partial charge is 0.327 e. The number of hydrogen-bond acceptors (Lipinski definition) is 3. The summed E-state index contributed by atoms with van der Waals surface area (Å²) in [6, 6.07) is 0.260. The average molecular weight is 302 g/mol. The van der Waals surface area contributed by atoms with Crippen molar-refractivity contribution in [2.75, 3.05) is 19.3 Å². The molecule has 4 nitrogen and oxygen atoms in total. The second-order valence-corrected chi connectivity index (χ2v) is 8.86. The average Bonchev–Trinajstić information content (AvgIpc) is 2.87. The molecule has 4 unspecified atom stereocenters. The van der Waals surface area contributed by atoms with Crippen molar-refractivity contribution in [3.05, 3.63) is 0 Å². The molecule has 0 aromatic heterocycles. The zero-order chi connectivity index (χ0) is 14.8. The molecule has 4 atom stereocenters. The first-order valence-corrected chi connectivity index (χ1v) is 9.95. The summed E-state index contributed by atoms with van der Waals surface area (Å²) in [4.78, 5) is 0. The summed E-state index contributed by atoms with van der Waals surface area (Å²) in [7, 11) is -3.03. The van der Waals surface area contributed by atoms with Crippen LogP contribution in [0.2, 0.25) is 0 Å². The number of rotatable bonds is 5. The van der Waals surface area contributed by atoms with Gasteiger partial charge in [-0.05, 0) is 49.9 Å². The molecular formula is C15H30N2O2S. The molecule has 0 bridgehead atoms. The molecule has 0 aromatic rings. The minimum atomic E-state index is -3.03. The molecule has 118 valence electrons. The molecule has 1 heterocycles. The fourth-order valence-corrected chi connectivity index (χ4v) is 4.91. The topological polar surface area (TPSA) is 63.4 Å². The van der Waals surface area contributed by atoms with Crippen LogP contribution in [0.25, 0.3) is 0 Å². The van der Waals surface area contributed by atoms with E-state index in [0.29, 0.717) is 24.9 Å². The Kier molecular flexibility index (Phi) is 5.49. The van der Waals surface area contributed by atoms with Crippen molar-refractivity contribution >= 4 is 10.0 Å². The summed E-state index contributed by atoms with van der Waals surface area (Å²) in [5.74, 6) is 1.98. The number of sulfonamides is 1. The van der Waals surface area contributed by atoms with E-state index in [0.717, 1.165) is 25.2 Å². The number of piperidine rings is 1. The van der Waals surface area contributed by atoms with Crippen LogP contribution in [0, 0.1) is 17.8 Å². The summed E-state index contributed by atoms with van der Waals surface area (Å²) in [5.41, 5.74) is 6.41. The van der Waals surface area contributed by atoms with Crippen LogP contribution in [-0.2, 0) is 10.0 Å². The molecule has 0 spiro atoms. The Morgan fingerprint density at radius 2 is 2.00 bits per heavy atom. The third-order valence-electron chi connectivity index (χ3n) is 5.32. The van der Waals surface area contributed by atoms with Crippen LogP contribution in [-0.4, -0.2) is 38.1 Å². The second-order valence-electron chi connectivity index (χ2n) is 6.88. The highest BCUT2D eigenvalue weighted by atomic mass is 32.2. The van der Waals surface area contributed by atoms with E-state index in [1.807, 2.05) is 0 Å². The Hall–Kier alpha value is -0.130. The smallest absolute Gasteiger partial charge is 0.211 e. The van der Waals surface area contributed by atoms with Gasteiger partial charge in [0.2, 0.25) is 10.0 Å². The zero-order valence-electron chi connectivity index (χ0n) is 12.9. The van der Waals surface area contributed by atoms with Gasteiger partial charge in [-0.15, -0.1) is 0 Å². The van der Waals surface area contributed by atoms with Gasteiger partial charge in [0.05, 0.1) is 6.26 Å². The van der Waals surface area contributed by atoms with Gasteiger partial charge in [-0.2, -0.15) is 0 Å². The molecule has 2 aliphatic rings. The van der Waals surface area contributed by atoms with Crippen LogP contribution >= 0.6 is 0 Å². The van der Waals surface area contributed by atoms with Crippen molar-refractivity contribution in [2.45, 2.75) is 57.9 Å². The lowest BCUT2D eigenvalue weighted by atomic mass is 9.86. The second kappa shape index (κ2) is 6.75. The third kappa shape index (κ3) is 4.18. The summed E-state index contributed by atoms with van der Waals surface area (Å²) in [6.45, 7) is 3.63. The van der Waals surface area contributed by atoms with Crippen molar-refractivity contribution in [1.29, 1.82) is 0 Å². The zero-order valence-corrected chi connectivity index (χ0v) is 13.7. The van der Waals surface area contributed by atoms with Crippen LogP contribution in [0.5, 0.6) is 0 Å². The maximum Gasteiger partial charge on any atom is 0.211 e. The highest BCUT2D eigenvalue weighted by Crippen LogP contribution is 2.36. The van der Waals surface area contributed by atoms with E-state index in [9.17, 15) is 8.42 Å². The SMILES string of the molecule is CCC1CCC(C(N)CC2CCCN(S(C)(=O)=O)C2)C1. The number of nitrogens with zero attached hydrogens (tertiary/aromatic N) is 1. The van der Waals surface area contributed by atoms with Gasteiger partial charge in [-0.25, -0.2) is 12.7 Å². The lowest BCUT2D eigenvalue weighted by Gasteiger charge is -2.33. The van der Waals surface area contributed by atoms with Crippen LogP contribution in [0.4, 0.5) is 0 Å². The molecule has 5 heteroatoms. The first-order valence-electron chi connectivity index (χ1n) is 8.10. The molecule has 1 saturated carbocycles. The van der Waals surface area contributed by atoms with E-state index < -0.39 is 10.0 Å². The van der Waals surface area contributed by atoms with E-state index in [1.165, 1.54) is 31.9 Å². The molecule has 20 heavy (non-hydrogen) atoms. The predicted octanol–water partition coefficient (Wildman–Crippen LogP) is 2.20. The summed E-state index contributed by atoms with van der Waals surface area (Å²) in [5, 5.41) is 0. The lowest BCUT2D eigenvalue weighted by molar-refractivity contribution is 0.229. The standard InChI is InChI=1S/C15H30N2O2S/c1-3-12-6-7-14(9-12)15(16)10-13-5-4-8-17(11-13)20(2,18)19/h12-15H,3-11,16H2,1-2H3. The van der Waals surface area contributed by atoms with Crippen LogP contribution in [0.3, 0.4) is 0 Å². The minimum Gasteiger partial charge on any atom is -0.327 e. The number of hydrogen-bond donors (Lipinski definition) is 1. The highest BCUT2D eigenvalue weighted by Gasteiger charge is 2.32. The van der Waals surface area contributed by atoms with E-state index in [1.54, 1.807) is 4.31 Å². The highest BCUT2D eigenvalue weighted by molar-refractivity contribution is 7.88. The Labute approximate surface area is 124 Å². The molecule has 2 rings (SSSR count). The number of nitrogens with two attached hydrogens (primary N) is 1. The Bertz CT molecular complexity index is 410. The van der Waals surface area contributed by atoms with Crippen LogP contribution < -0.4 is 5.73 Å². The van der Waals surface area contributed by atoms with Crippen LogP contribution in [0.1, 0.15) is 51.9 Å². The monoisotopic (exact) mass is 302 g/mol. The van der Waals surface area contributed by atoms with E-state index in [4.69, 9.17) is 5.73 Å². The Morgan fingerprint density at radius 1 is 1.25 bits per heavy atom. The summed E-state index contributed by atoms with van der Waals surface area (Å²) >= 11 is 0. The fraction of sp³-hybridized carbons (Fsp3) is 1.00. The molecular weight excluding hydrogens is 272 g/mol. The van der Waals surface area contributed by atoms with E-state index in [-0.39, 0.29) is 6.04 Å². The normalized spacial score (nSPS) is 34.2. The van der Waals surface area contributed by atoms with E-state index in [2.05, 4.69) is 6.92 Å². The van der Waals surface area contributed by atoms with Gasteiger partial charge in [-0.1, -0.05) is 19.8 Å². The van der Waals surface area contributed by atoms with E-state index >= 15 is 0 Å². The molecule has 2 fully saturated rings. The quantitative estimate of drug-likeness (QED) is 0.847. The van der Waals surface area contributed by atoms with Gasteiger partial charge in [0, 0.05) is 19.1 Å². The molecule has 1 aliphatic heterocycles. The van der Waals surface area contributed by atoms with Crippen LogP contribution in [0.15, 0.2) is 0 Å². The Morgan fingerprint density at radius 3 is 2.60 bits per heavy atom. The molecule has 1 aliphatic carbocycles. The van der Waals surface area contributed by atoms with Gasteiger partial charge in [0.25, 0.3) is 0 Å². The molecule has 0 aromatic carbocycles. The van der Waals surface area contributed by atoms with Gasteiger partial charge in [-0.3, -0.25) is 0 Å². The predicted molar refractivity (Wildman–Crippen MR) is 82.9 cm³/mol. The van der Waals surface area contributed by atoms with Gasteiger partial charge in [0.15, 0.2) is 0 Å². The van der Waals surface area contributed by atoms with Gasteiger partial charge < -0.3 is 5.73 Å². The molecule has 0 radical (unpaired) electrons. The fourth-order valence-electron chi connectivity index (χ4n) is 3.97. The van der Waals surface area contributed by atoms with Gasteiger partial charge in [0.1, 0.15) is 0 Å². The Balaban J connectivity index is 1.83. The summed E-state index contributed by atoms with van der Waals surface area (Å²) < 4.78 is 24.9. The van der Waals surface area contributed by atoms with Crippen molar-refractivity contribution in [2.24, 2.45) is 23.5 Å². The van der Waals surface area contributed by atoms with Crippen molar-refractivity contribution in [3.63, 3.8) is 0 Å². The van der Waals surface area contributed by atoms with Crippen molar-refractivity contribution in [1.82, 2.24) is 4.31 Å². The molecule has 1 saturated heterocycles. The first kappa shape index (κ1) is 16.2. The third-order valence-corrected chi connectivity index (χ3v) is 6.59. The maximum atomic E-state index is 11.7. The molecule has 0 amide bonds. The van der Waals surface area contributed by atoms with Gasteiger partial charge >= 0.3 is 0 Å². The minimum absolute atomic E-state index is 0.260. The summed E-state index contributed by atoms with van der Waals surface area (Å²) in [6.07, 6.45) is 9.56. The first-order chi connectivity index (χ1) is 9.40. The van der Waals surface area contributed by atoms with Crippen molar-refractivity contribution in [3.8, 4) is 0 Å². The maximum absolute atomic E-state index is 11.7. The molecule has 2 N–H and O–H groups in total. The lowest BCUT2D eigenvalue weighted by Crippen LogP contribution is -2.42.